The minimum atomic E-state index is -0.442. The Morgan fingerprint density at radius 1 is 1.28 bits per heavy atom. The molecule has 9 nitrogen and oxygen atoms in total. The quantitative estimate of drug-likeness (QED) is 0.604. The van der Waals surface area contributed by atoms with E-state index in [1.807, 2.05) is 6.92 Å². The Morgan fingerprint density at radius 2 is 2.09 bits per heavy atom. The molecule has 0 unspecified atom stereocenters. The molecule has 3 heterocycles. The summed E-state index contributed by atoms with van der Waals surface area (Å²) in [6.07, 6.45) is 5.00. The van der Waals surface area contributed by atoms with Gasteiger partial charge in [-0.1, -0.05) is 0 Å². The van der Waals surface area contributed by atoms with E-state index in [0.717, 1.165) is 5.56 Å². The molecule has 0 saturated carbocycles. The maximum atomic E-state index is 14.3. The predicted molar refractivity (Wildman–Crippen MR) is 116 cm³/mol. The van der Waals surface area contributed by atoms with E-state index in [-0.39, 0.29) is 18.2 Å². The van der Waals surface area contributed by atoms with Gasteiger partial charge in [0.25, 0.3) is 0 Å². The number of rotatable bonds is 7. The first-order valence-electron chi connectivity index (χ1n) is 10.4. The van der Waals surface area contributed by atoms with Gasteiger partial charge < -0.3 is 19.7 Å². The first-order valence-corrected chi connectivity index (χ1v) is 10.4. The number of nitrogens with zero attached hydrogens (tertiary/aromatic N) is 5. The van der Waals surface area contributed by atoms with E-state index in [1.165, 1.54) is 6.07 Å². The SMILES string of the molecule is CCOc1ccc(-c2nc(Nc3cnn(CC(=O)N4CCOCC4)c3)ncc2C)cc1F. The van der Waals surface area contributed by atoms with E-state index in [9.17, 15) is 9.18 Å². The van der Waals surface area contributed by atoms with E-state index in [4.69, 9.17) is 9.47 Å². The molecule has 1 aromatic carbocycles. The van der Waals surface area contributed by atoms with Crippen LogP contribution in [0.4, 0.5) is 16.0 Å². The van der Waals surface area contributed by atoms with Gasteiger partial charge in [0.2, 0.25) is 11.9 Å². The highest BCUT2D eigenvalue weighted by Gasteiger charge is 2.17. The van der Waals surface area contributed by atoms with E-state index < -0.39 is 5.82 Å². The van der Waals surface area contributed by atoms with E-state index in [2.05, 4.69) is 20.4 Å². The van der Waals surface area contributed by atoms with Crippen molar-refractivity contribution in [1.29, 1.82) is 0 Å². The van der Waals surface area contributed by atoms with Gasteiger partial charge in [-0.05, 0) is 37.6 Å². The standard InChI is InChI=1S/C22H25FN6O3/c1-3-32-19-5-4-16(10-18(19)23)21-15(2)11-24-22(27-21)26-17-12-25-29(13-17)14-20(30)28-6-8-31-9-7-28/h4-5,10-13H,3,6-9,14H2,1-2H3,(H,24,26,27). The van der Waals surface area contributed by atoms with Crippen molar-refractivity contribution in [3.8, 4) is 17.0 Å². The third-order valence-electron chi connectivity index (χ3n) is 5.03. The van der Waals surface area contributed by atoms with Gasteiger partial charge in [0, 0.05) is 31.0 Å². The highest BCUT2D eigenvalue weighted by molar-refractivity contribution is 5.76. The van der Waals surface area contributed by atoms with Crippen LogP contribution in [0.15, 0.2) is 36.8 Å². The summed E-state index contributed by atoms with van der Waals surface area (Å²) in [5.41, 5.74) is 2.69. The number of ether oxygens (including phenoxy) is 2. The molecule has 3 aromatic rings. The van der Waals surface area contributed by atoms with Crippen LogP contribution >= 0.6 is 0 Å². The number of hydrogen-bond acceptors (Lipinski definition) is 7. The van der Waals surface area contributed by atoms with Crippen molar-refractivity contribution in [2.45, 2.75) is 20.4 Å². The number of anilines is 2. The van der Waals surface area contributed by atoms with Gasteiger partial charge in [0.05, 0.1) is 37.4 Å². The number of morpholine rings is 1. The van der Waals surface area contributed by atoms with Crippen LogP contribution in [0.5, 0.6) is 5.75 Å². The fourth-order valence-corrected chi connectivity index (χ4v) is 3.41. The summed E-state index contributed by atoms with van der Waals surface area (Å²) in [4.78, 5) is 23.0. The third-order valence-corrected chi connectivity index (χ3v) is 5.03. The molecule has 1 aliphatic rings. The molecule has 0 atom stereocenters. The Bertz CT molecular complexity index is 1100. The summed E-state index contributed by atoms with van der Waals surface area (Å²) in [6.45, 7) is 6.51. The molecule has 0 radical (unpaired) electrons. The summed E-state index contributed by atoms with van der Waals surface area (Å²) >= 11 is 0. The average Bonchev–Trinajstić information content (AvgIpc) is 3.24. The van der Waals surface area contributed by atoms with Crippen molar-refractivity contribution in [2.75, 3.05) is 38.2 Å². The minimum Gasteiger partial charge on any atom is -0.491 e. The molecule has 32 heavy (non-hydrogen) atoms. The van der Waals surface area contributed by atoms with Crippen molar-refractivity contribution in [3.63, 3.8) is 0 Å². The minimum absolute atomic E-state index is 0.00523. The van der Waals surface area contributed by atoms with Crippen molar-refractivity contribution in [2.24, 2.45) is 0 Å². The number of aromatic nitrogens is 4. The van der Waals surface area contributed by atoms with Crippen LogP contribution < -0.4 is 10.1 Å². The fourth-order valence-electron chi connectivity index (χ4n) is 3.41. The van der Waals surface area contributed by atoms with Crippen LogP contribution in [0, 0.1) is 12.7 Å². The molecule has 1 saturated heterocycles. The highest BCUT2D eigenvalue weighted by atomic mass is 19.1. The van der Waals surface area contributed by atoms with Gasteiger partial charge in [-0.25, -0.2) is 14.4 Å². The summed E-state index contributed by atoms with van der Waals surface area (Å²) < 4.78 is 26.4. The zero-order valence-corrected chi connectivity index (χ0v) is 18.0. The summed E-state index contributed by atoms with van der Waals surface area (Å²) in [6, 6.07) is 4.76. The second kappa shape index (κ2) is 9.73. The zero-order chi connectivity index (χ0) is 22.5. The topological polar surface area (TPSA) is 94.4 Å². The van der Waals surface area contributed by atoms with Gasteiger partial charge in [-0.3, -0.25) is 9.48 Å². The second-order valence-electron chi connectivity index (χ2n) is 7.35. The molecule has 10 heteroatoms. The first-order chi connectivity index (χ1) is 15.5. The molecule has 1 amide bonds. The summed E-state index contributed by atoms with van der Waals surface area (Å²) in [7, 11) is 0. The lowest BCUT2D eigenvalue weighted by Crippen LogP contribution is -2.42. The van der Waals surface area contributed by atoms with Crippen molar-refractivity contribution in [1.82, 2.24) is 24.6 Å². The average molecular weight is 440 g/mol. The maximum absolute atomic E-state index is 14.3. The molecule has 4 rings (SSSR count). The van der Waals surface area contributed by atoms with Crippen LogP contribution in [0.1, 0.15) is 12.5 Å². The normalized spacial score (nSPS) is 13.8. The van der Waals surface area contributed by atoms with Crippen LogP contribution in [0.2, 0.25) is 0 Å². The van der Waals surface area contributed by atoms with E-state index >= 15 is 0 Å². The lowest BCUT2D eigenvalue weighted by Gasteiger charge is -2.26. The Morgan fingerprint density at radius 3 is 2.84 bits per heavy atom. The van der Waals surface area contributed by atoms with Gasteiger partial charge in [-0.2, -0.15) is 5.10 Å². The van der Waals surface area contributed by atoms with Gasteiger partial charge in [0.15, 0.2) is 11.6 Å². The number of nitrogens with one attached hydrogen (secondary N) is 1. The Labute approximate surface area is 185 Å². The molecule has 1 fully saturated rings. The van der Waals surface area contributed by atoms with Gasteiger partial charge in [-0.15, -0.1) is 0 Å². The molecule has 1 aliphatic heterocycles. The van der Waals surface area contributed by atoms with Crippen LogP contribution in [0.3, 0.4) is 0 Å². The first kappa shape index (κ1) is 21.7. The van der Waals surface area contributed by atoms with Crippen LogP contribution in [-0.4, -0.2) is 63.5 Å². The smallest absolute Gasteiger partial charge is 0.244 e. The number of carbonyl (C=O) groups excluding carboxylic acids is 1. The number of benzene rings is 1. The molecular weight excluding hydrogens is 415 g/mol. The number of aryl methyl sites for hydroxylation is 1. The fraction of sp³-hybridized carbons (Fsp3) is 0.364. The summed E-state index contributed by atoms with van der Waals surface area (Å²) in [5.74, 6) is 0.108. The second-order valence-corrected chi connectivity index (χ2v) is 7.35. The monoisotopic (exact) mass is 440 g/mol. The lowest BCUT2D eigenvalue weighted by atomic mass is 10.1. The van der Waals surface area contributed by atoms with Gasteiger partial charge >= 0.3 is 0 Å². The Hall–Kier alpha value is -3.53. The Kier molecular flexibility index (Phi) is 6.60. The predicted octanol–water partition coefficient (Wildman–Crippen LogP) is 2.79. The molecule has 0 bridgehead atoms. The molecule has 1 N–H and O–H groups in total. The van der Waals surface area contributed by atoms with Crippen LogP contribution in [0.25, 0.3) is 11.3 Å². The molecule has 0 aliphatic carbocycles. The number of amides is 1. The van der Waals surface area contributed by atoms with Gasteiger partial charge in [0.1, 0.15) is 6.54 Å². The Balaban J connectivity index is 1.46. The maximum Gasteiger partial charge on any atom is 0.244 e. The molecular formula is C22H25FN6O3. The molecule has 2 aromatic heterocycles. The largest absolute Gasteiger partial charge is 0.491 e. The lowest BCUT2D eigenvalue weighted by molar-refractivity contribution is -0.136. The molecule has 168 valence electrons. The third kappa shape index (κ3) is 5.02. The number of carbonyl (C=O) groups is 1. The summed E-state index contributed by atoms with van der Waals surface area (Å²) in [5, 5.41) is 7.33. The zero-order valence-electron chi connectivity index (χ0n) is 18.0. The van der Waals surface area contributed by atoms with Crippen molar-refractivity contribution < 1.29 is 18.7 Å². The van der Waals surface area contributed by atoms with E-state index in [1.54, 1.807) is 47.2 Å². The highest BCUT2D eigenvalue weighted by Crippen LogP contribution is 2.27. The van der Waals surface area contributed by atoms with E-state index in [0.29, 0.717) is 55.8 Å². The van der Waals surface area contributed by atoms with Crippen molar-refractivity contribution >= 4 is 17.5 Å². The number of halogens is 1. The van der Waals surface area contributed by atoms with Crippen LogP contribution in [-0.2, 0) is 16.1 Å². The van der Waals surface area contributed by atoms with Crippen molar-refractivity contribution in [3.05, 3.63) is 48.2 Å². The number of hydrogen-bond donors (Lipinski definition) is 1. The molecule has 0 spiro atoms.